The van der Waals surface area contributed by atoms with Crippen LogP contribution >= 0.6 is 0 Å². The minimum Gasteiger partial charge on any atom is -0.496 e. The van der Waals surface area contributed by atoms with E-state index in [0.717, 1.165) is 17.1 Å². The van der Waals surface area contributed by atoms with Gasteiger partial charge in [-0.1, -0.05) is 18.2 Å². The molecule has 0 aliphatic heterocycles. The summed E-state index contributed by atoms with van der Waals surface area (Å²) < 4.78 is 10.7. The lowest BCUT2D eigenvalue weighted by Crippen LogP contribution is -2.14. The molecule has 0 aliphatic carbocycles. The van der Waals surface area contributed by atoms with Crippen molar-refractivity contribution >= 4 is 17.4 Å². The van der Waals surface area contributed by atoms with Crippen molar-refractivity contribution in [2.24, 2.45) is 0 Å². The van der Waals surface area contributed by atoms with E-state index in [1.165, 1.54) is 6.33 Å². The summed E-state index contributed by atoms with van der Waals surface area (Å²) in [5.74, 6) is 1.78. The van der Waals surface area contributed by atoms with Crippen molar-refractivity contribution in [3.05, 3.63) is 72.2 Å². The number of methoxy groups -OCH3 is 1. The lowest BCUT2D eigenvalue weighted by molar-refractivity contribution is 0.102. The number of rotatable bonds is 8. The van der Waals surface area contributed by atoms with Gasteiger partial charge in [-0.15, -0.1) is 0 Å². The summed E-state index contributed by atoms with van der Waals surface area (Å²) >= 11 is 0. The maximum Gasteiger partial charge on any atom is 0.274 e. The van der Waals surface area contributed by atoms with Crippen LogP contribution in [0.2, 0.25) is 0 Å². The molecule has 0 saturated carbocycles. The van der Waals surface area contributed by atoms with Crippen LogP contribution in [0.1, 0.15) is 23.0 Å². The third-order valence-corrected chi connectivity index (χ3v) is 3.98. The van der Waals surface area contributed by atoms with Crippen molar-refractivity contribution < 1.29 is 14.3 Å². The molecule has 0 saturated heterocycles. The number of anilines is 2. The standard InChI is InChI=1S/C21H22N4O3/c1-3-28-17-10-8-16(9-11-17)25-21(26)18-12-20(24-14-23-18)22-13-15-6-4-5-7-19(15)27-2/h4-12,14H,3,13H2,1-2H3,(H,25,26)(H,22,23,24). The minimum atomic E-state index is -0.313. The molecule has 1 heterocycles. The molecule has 0 spiro atoms. The van der Waals surface area contributed by atoms with E-state index in [4.69, 9.17) is 9.47 Å². The molecule has 144 valence electrons. The van der Waals surface area contributed by atoms with Gasteiger partial charge >= 0.3 is 0 Å². The van der Waals surface area contributed by atoms with Gasteiger partial charge in [-0.05, 0) is 37.3 Å². The number of carbonyl (C=O) groups excluding carboxylic acids is 1. The predicted octanol–water partition coefficient (Wildman–Crippen LogP) is 3.75. The summed E-state index contributed by atoms with van der Waals surface area (Å²) in [5, 5.41) is 6.00. The van der Waals surface area contributed by atoms with E-state index >= 15 is 0 Å². The molecule has 0 unspecified atom stereocenters. The lowest BCUT2D eigenvalue weighted by Gasteiger charge is -2.10. The molecule has 1 aromatic heterocycles. The van der Waals surface area contributed by atoms with Crippen LogP contribution in [0.25, 0.3) is 0 Å². The summed E-state index contributed by atoms with van der Waals surface area (Å²) in [5.41, 5.74) is 1.92. The Morgan fingerprint density at radius 3 is 2.61 bits per heavy atom. The van der Waals surface area contributed by atoms with Gasteiger partial charge in [0.1, 0.15) is 29.3 Å². The Morgan fingerprint density at radius 1 is 1.07 bits per heavy atom. The number of hydrogen-bond acceptors (Lipinski definition) is 6. The predicted molar refractivity (Wildman–Crippen MR) is 108 cm³/mol. The van der Waals surface area contributed by atoms with Crippen molar-refractivity contribution in [1.82, 2.24) is 9.97 Å². The normalized spacial score (nSPS) is 10.2. The lowest BCUT2D eigenvalue weighted by atomic mass is 10.2. The molecule has 7 nitrogen and oxygen atoms in total. The first kappa shape index (κ1) is 19.2. The van der Waals surface area contributed by atoms with Crippen LogP contribution in [-0.4, -0.2) is 29.6 Å². The molecule has 1 amide bonds. The smallest absolute Gasteiger partial charge is 0.274 e. The molecule has 0 aliphatic rings. The van der Waals surface area contributed by atoms with Crippen molar-refractivity contribution in [1.29, 1.82) is 0 Å². The number of hydrogen-bond donors (Lipinski definition) is 2. The maximum absolute atomic E-state index is 12.5. The number of benzene rings is 2. The molecule has 28 heavy (non-hydrogen) atoms. The number of nitrogens with zero attached hydrogens (tertiary/aromatic N) is 2. The molecule has 2 N–H and O–H groups in total. The van der Waals surface area contributed by atoms with Gasteiger partial charge < -0.3 is 20.1 Å². The molecule has 0 atom stereocenters. The first-order chi connectivity index (χ1) is 13.7. The largest absolute Gasteiger partial charge is 0.496 e. The van der Waals surface area contributed by atoms with Gasteiger partial charge in [0.2, 0.25) is 0 Å². The van der Waals surface area contributed by atoms with Gasteiger partial charge in [-0.3, -0.25) is 4.79 Å². The fraction of sp³-hybridized carbons (Fsp3) is 0.190. The van der Waals surface area contributed by atoms with Crippen LogP contribution in [0.5, 0.6) is 11.5 Å². The fourth-order valence-corrected chi connectivity index (χ4v) is 2.61. The zero-order valence-electron chi connectivity index (χ0n) is 15.8. The quantitative estimate of drug-likeness (QED) is 0.621. The van der Waals surface area contributed by atoms with Crippen LogP contribution < -0.4 is 20.1 Å². The average Bonchev–Trinajstić information content (AvgIpc) is 2.74. The molecular weight excluding hydrogens is 356 g/mol. The van der Waals surface area contributed by atoms with E-state index in [1.54, 1.807) is 37.4 Å². The highest BCUT2D eigenvalue weighted by Crippen LogP contribution is 2.19. The van der Waals surface area contributed by atoms with Crippen molar-refractivity contribution in [3.8, 4) is 11.5 Å². The Bertz CT molecular complexity index is 929. The van der Waals surface area contributed by atoms with Gasteiger partial charge in [0.25, 0.3) is 5.91 Å². The Kier molecular flexibility index (Phi) is 6.41. The SMILES string of the molecule is CCOc1ccc(NC(=O)c2cc(NCc3ccccc3OC)ncn2)cc1. The summed E-state index contributed by atoms with van der Waals surface area (Å²) in [6.45, 7) is 3.03. The zero-order chi connectivity index (χ0) is 19.8. The van der Waals surface area contributed by atoms with E-state index in [9.17, 15) is 4.79 Å². The number of para-hydroxylation sites is 1. The van der Waals surface area contributed by atoms with Crippen LogP contribution in [0.15, 0.2) is 60.9 Å². The Morgan fingerprint density at radius 2 is 1.86 bits per heavy atom. The average molecular weight is 378 g/mol. The number of ether oxygens (including phenoxy) is 2. The van der Waals surface area contributed by atoms with Crippen LogP contribution in [0.4, 0.5) is 11.5 Å². The summed E-state index contributed by atoms with van der Waals surface area (Å²) in [7, 11) is 1.63. The minimum absolute atomic E-state index is 0.270. The highest BCUT2D eigenvalue weighted by Gasteiger charge is 2.10. The third kappa shape index (κ3) is 4.97. The number of amides is 1. The van der Waals surface area contributed by atoms with Crippen LogP contribution in [0.3, 0.4) is 0 Å². The summed E-state index contributed by atoms with van der Waals surface area (Å²) in [6, 6.07) is 16.5. The zero-order valence-corrected chi connectivity index (χ0v) is 15.8. The van der Waals surface area contributed by atoms with Crippen LogP contribution in [-0.2, 0) is 6.54 Å². The second kappa shape index (κ2) is 9.36. The molecule has 0 bridgehead atoms. The van der Waals surface area contributed by atoms with Gasteiger partial charge in [-0.2, -0.15) is 0 Å². The molecule has 0 radical (unpaired) electrons. The van der Waals surface area contributed by atoms with E-state index in [1.807, 2.05) is 31.2 Å². The first-order valence-electron chi connectivity index (χ1n) is 8.91. The highest BCUT2D eigenvalue weighted by molar-refractivity contribution is 6.03. The molecular formula is C21H22N4O3. The second-order valence-corrected chi connectivity index (χ2v) is 5.87. The molecule has 0 fully saturated rings. The van der Waals surface area contributed by atoms with E-state index in [0.29, 0.717) is 24.7 Å². The third-order valence-electron chi connectivity index (χ3n) is 3.98. The molecule has 3 aromatic rings. The van der Waals surface area contributed by atoms with Crippen molar-refractivity contribution in [2.45, 2.75) is 13.5 Å². The fourth-order valence-electron chi connectivity index (χ4n) is 2.61. The number of carbonyl (C=O) groups is 1. The van der Waals surface area contributed by atoms with Gasteiger partial charge in [0.15, 0.2) is 0 Å². The Labute approximate surface area is 163 Å². The maximum atomic E-state index is 12.5. The van der Waals surface area contributed by atoms with Gasteiger partial charge in [-0.25, -0.2) is 9.97 Å². The van der Waals surface area contributed by atoms with Crippen LogP contribution in [0, 0.1) is 0 Å². The van der Waals surface area contributed by atoms with Crippen molar-refractivity contribution in [2.75, 3.05) is 24.4 Å². The van der Waals surface area contributed by atoms with Crippen molar-refractivity contribution in [3.63, 3.8) is 0 Å². The topological polar surface area (TPSA) is 85.4 Å². The van der Waals surface area contributed by atoms with Gasteiger partial charge in [0, 0.05) is 23.9 Å². The van der Waals surface area contributed by atoms with E-state index in [-0.39, 0.29) is 11.6 Å². The highest BCUT2D eigenvalue weighted by atomic mass is 16.5. The monoisotopic (exact) mass is 378 g/mol. The summed E-state index contributed by atoms with van der Waals surface area (Å²) in [6.07, 6.45) is 1.36. The summed E-state index contributed by atoms with van der Waals surface area (Å²) in [4.78, 5) is 20.7. The molecule has 3 rings (SSSR count). The second-order valence-electron chi connectivity index (χ2n) is 5.87. The number of aromatic nitrogens is 2. The molecule has 7 heteroatoms. The molecule has 2 aromatic carbocycles. The van der Waals surface area contributed by atoms with E-state index in [2.05, 4.69) is 20.6 Å². The van der Waals surface area contributed by atoms with E-state index < -0.39 is 0 Å². The Balaban J connectivity index is 1.64. The number of nitrogens with one attached hydrogen (secondary N) is 2. The Hall–Kier alpha value is -3.61. The van der Waals surface area contributed by atoms with Gasteiger partial charge in [0.05, 0.1) is 13.7 Å². The first-order valence-corrected chi connectivity index (χ1v) is 8.91.